The summed E-state index contributed by atoms with van der Waals surface area (Å²) in [7, 11) is 0. The Morgan fingerprint density at radius 1 is 1.14 bits per heavy atom. The average Bonchev–Trinajstić information content (AvgIpc) is 2.72. The Labute approximate surface area is 166 Å². The van der Waals surface area contributed by atoms with Crippen LogP contribution in [0.2, 0.25) is 0 Å². The fourth-order valence-electron chi connectivity index (χ4n) is 3.99. The van der Waals surface area contributed by atoms with Crippen LogP contribution >= 0.6 is 0 Å². The number of carboxylic acids is 1. The Morgan fingerprint density at radius 2 is 1.82 bits per heavy atom. The molecule has 1 heterocycles. The molecule has 3 unspecified atom stereocenters. The van der Waals surface area contributed by atoms with Gasteiger partial charge in [-0.15, -0.1) is 0 Å². The number of carbonyl (C=O) groups is 2. The molecule has 0 aromatic heterocycles. The van der Waals surface area contributed by atoms with Crippen molar-refractivity contribution in [1.29, 1.82) is 0 Å². The molecule has 2 aromatic rings. The number of likely N-dealkylation sites (tertiary alicyclic amines) is 1. The fourth-order valence-corrected chi connectivity index (χ4v) is 3.99. The number of hydrogen-bond donors (Lipinski definition) is 2. The second-order valence-electron chi connectivity index (χ2n) is 7.67. The van der Waals surface area contributed by atoms with Crippen LogP contribution in [0.4, 0.5) is 0 Å². The van der Waals surface area contributed by atoms with Crippen molar-refractivity contribution in [2.45, 2.75) is 38.8 Å². The number of nitrogens with one attached hydrogen (secondary N) is 1. The third-order valence-electron chi connectivity index (χ3n) is 5.76. The van der Waals surface area contributed by atoms with Gasteiger partial charge in [0.05, 0.1) is 11.6 Å². The summed E-state index contributed by atoms with van der Waals surface area (Å²) in [5.74, 6) is 0.0975. The van der Waals surface area contributed by atoms with Crippen LogP contribution in [0.3, 0.4) is 0 Å². The summed E-state index contributed by atoms with van der Waals surface area (Å²) in [6.45, 7) is 6.43. The minimum atomic E-state index is -0.947. The number of amides is 1. The quantitative estimate of drug-likeness (QED) is 0.805. The van der Waals surface area contributed by atoms with Crippen molar-refractivity contribution in [3.63, 3.8) is 0 Å². The van der Waals surface area contributed by atoms with E-state index in [9.17, 15) is 9.59 Å². The van der Waals surface area contributed by atoms with Gasteiger partial charge in [0, 0.05) is 13.1 Å². The maximum absolute atomic E-state index is 12.6. The van der Waals surface area contributed by atoms with Gasteiger partial charge in [-0.1, -0.05) is 49.4 Å². The first kappa shape index (κ1) is 20.1. The van der Waals surface area contributed by atoms with Gasteiger partial charge in [-0.3, -0.25) is 9.69 Å². The standard InChI is InChI=1S/C23H28N2O3/c1-16-15-25(13-12-21(16)19-6-4-3-5-7-19)17(2)22(26)24-14-18-8-10-20(11-9-18)23(27)28/h3-11,16-17,21H,12-15H2,1-2H3,(H,24,26)(H,27,28). The molecule has 0 radical (unpaired) electrons. The zero-order valence-corrected chi connectivity index (χ0v) is 16.5. The zero-order valence-electron chi connectivity index (χ0n) is 16.5. The zero-order chi connectivity index (χ0) is 20.1. The van der Waals surface area contributed by atoms with Crippen molar-refractivity contribution in [2.24, 2.45) is 5.92 Å². The molecular formula is C23H28N2O3. The second kappa shape index (κ2) is 9.02. The van der Waals surface area contributed by atoms with Gasteiger partial charge in [-0.2, -0.15) is 0 Å². The number of aromatic carboxylic acids is 1. The molecule has 0 spiro atoms. The summed E-state index contributed by atoms with van der Waals surface area (Å²) in [6.07, 6.45) is 1.06. The predicted octanol–water partition coefficient (Wildman–Crippen LogP) is 3.52. The number of piperidine rings is 1. The second-order valence-corrected chi connectivity index (χ2v) is 7.67. The molecule has 2 aromatic carbocycles. The van der Waals surface area contributed by atoms with Gasteiger partial charge >= 0.3 is 5.97 Å². The first-order chi connectivity index (χ1) is 13.5. The normalized spacial score (nSPS) is 21.1. The van der Waals surface area contributed by atoms with Crippen molar-refractivity contribution in [3.8, 4) is 0 Å². The summed E-state index contributed by atoms with van der Waals surface area (Å²) < 4.78 is 0. The lowest BCUT2D eigenvalue weighted by Crippen LogP contribution is -2.50. The van der Waals surface area contributed by atoms with E-state index >= 15 is 0 Å². The van der Waals surface area contributed by atoms with Gasteiger partial charge in [0.2, 0.25) is 5.91 Å². The summed E-state index contributed by atoms with van der Waals surface area (Å²) in [5.41, 5.74) is 2.52. The number of carbonyl (C=O) groups excluding carboxylic acids is 1. The lowest BCUT2D eigenvalue weighted by atomic mass is 9.81. The van der Waals surface area contributed by atoms with Gasteiger partial charge in [-0.25, -0.2) is 4.79 Å². The van der Waals surface area contributed by atoms with Gasteiger partial charge < -0.3 is 10.4 Å². The largest absolute Gasteiger partial charge is 0.478 e. The van der Waals surface area contributed by atoms with E-state index in [4.69, 9.17) is 5.11 Å². The number of benzene rings is 2. The Hall–Kier alpha value is -2.66. The topological polar surface area (TPSA) is 69.6 Å². The molecule has 1 amide bonds. The molecule has 0 aliphatic carbocycles. The highest BCUT2D eigenvalue weighted by Crippen LogP contribution is 2.33. The van der Waals surface area contributed by atoms with Crippen molar-refractivity contribution < 1.29 is 14.7 Å². The van der Waals surface area contributed by atoms with Crippen LogP contribution in [0.25, 0.3) is 0 Å². The van der Waals surface area contributed by atoms with Crippen molar-refractivity contribution in [3.05, 3.63) is 71.3 Å². The van der Waals surface area contributed by atoms with Crippen LogP contribution in [0.15, 0.2) is 54.6 Å². The van der Waals surface area contributed by atoms with E-state index in [1.807, 2.05) is 13.0 Å². The molecule has 1 saturated heterocycles. The highest BCUT2D eigenvalue weighted by molar-refractivity contribution is 5.87. The molecule has 1 aliphatic heterocycles. The van der Waals surface area contributed by atoms with Crippen molar-refractivity contribution >= 4 is 11.9 Å². The van der Waals surface area contributed by atoms with Crippen LogP contribution in [0.1, 0.15) is 47.7 Å². The van der Waals surface area contributed by atoms with E-state index in [1.165, 1.54) is 5.56 Å². The maximum Gasteiger partial charge on any atom is 0.335 e. The van der Waals surface area contributed by atoms with Crippen molar-refractivity contribution in [2.75, 3.05) is 13.1 Å². The summed E-state index contributed by atoms with van der Waals surface area (Å²) in [6, 6.07) is 17.0. The summed E-state index contributed by atoms with van der Waals surface area (Å²) in [5, 5.41) is 11.9. The third-order valence-corrected chi connectivity index (χ3v) is 5.76. The van der Waals surface area contributed by atoms with Gasteiger partial charge in [-0.05, 0) is 55.0 Å². The Kier molecular flexibility index (Phi) is 6.47. The van der Waals surface area contributed by atoms with E-state index < -0.39 is 5.97 Å². The maximum atomic E-state index is 12.6. The molecule has 28 heavy (non-hydrogen) atoms. The number of carboxylic acid groups (broad SMARTS) is 1. The fraction of sp³-hybridized carbons (Fsp3) is 0.391. The highest BCUT2D eigenvalue weighted by Gasteiger charge is 2.31. The molecular weight excluding hydrogens is 352 g/mol. The van der Waals surface area contributed by atoms with Crippen LogP contribution in [0.5, 0.6) is 0 Å². The van der Waals surface area contributed by atoms with Crippen molar-refractivity contribution in [1.82, 2.24) is 10.2 Å². The number of rotatable bonds is 6. The molecule has 5 heteroatoms. The van der Waals surface area contributed by atoms with Gasteiger partial charge in [0.25, 0.3) is 0 Å². The van der Waals surface area contributed by atoms with E-state index in [1.54, 1.807) is 24.3 Å². The molecule has 0 bridgehead atoms. The van der Waals surface area contributed by atoms with Crippen LogP contribution in [0, 0.1) is 5.92 Å². The lowest BCUT2D eigenvalue weighted by molar-refractivity contribution is -0.126. The third kappa shape index (κ3) is 4.78. The molecule has 1 aliphatic rings. The van der Waals surface area contributed by atoms with Crippen LogP contribution in [-0.4, -0.2) is 41.0 Å². The Morgan fingerprint density at radius 3 is 2.43 bits per heavy atom. The van der Waals surface area contributed by atoms with Gasteiger partial charge in [0.15, 0.2) is 0 Å². The monoisotopic (exact) mass is 380 g/mol. The minimum Gasteiger partial charge on any atom is -0.478 e. The van der Waals surface area contributed by atoms with Gasteiger partial charge in [0.1, 0.15) is 0 Å². The molecule has 148 valence electrons. The SMILES string of the molecule is CC1CN(C(C)C(=O)NCc2ccc(C(=O)O)cc2)CCC1c1ccccc1. The smallest absolute Gasteiger partial charge is 0.335 e. The molecule has 3 rings (SSSR count). The summed E-state index contributed by atoms with van der Waals surface area (Å²) in [4.78, 5) is 25.8. The molecule has 1 fully saturated rings. The Bertz CT molecular complexity index is 804. The highest BCUT2D eigenvalue weighted by atomic mass is 16.4. The first-order valence-corrected chi connectivity index (χ1v) is 9.84. The predicted molar refractivity (Wildman–Crippen MR) is 109 cm³/mol. The van der Waals surface area contributed by atoms with Crippen LogP contribution in [-0.2, 0) is 11.3 Å². The number of hydrogen-bond acceptors (Lipinski definition) is 3. The summed E-state index contributed by atoms with van der Waals surface area (Å²) >= 11 is 0. The molecule has 2 N–H and O–H groups in total. The molecule has 3 atom stereocenters. The average molecular weight is 380 g/mol. The van der Waals surface area contributed by atoms with E-state index in [-0.39, 0.29) is 17.5 Å². The van der Waals surface area contributed by atoms with E-state index in [0.717, 1.165) is 25.1 Å². The van der Waals surface area contributed by atoms with Crippen LogP contribution < -0.4 is 5.32 Å². The molecule has 0 saturated carbocycles. The van der Waals surface area contributed by atoms with E-state index in [2.05, 4.69) is 41.4 Å². The number of nitrogens with zero attached hydrogens (tertiary/aromatic N) is 1. The Balaban J connectivity index is 1.52. The molecule has 5 nitrogen and oxygen atoms in total. The first-order valence-electron chi connectivity index (χ1n) is 9.84. The lowest BCUT2D eigenvalue weighted by Gasteiger charge is -2.39. The van der Waals surface area contributed by atoms with E-state index in [0.29, 0.717) is 18.4 Å². The minimum absolute atomic E-state index is 0.00710.